The molecule has 0 fully saturated rings. The maximum Gasteiger partial charge on any atom is 0.305 e. The quantitative estimate of drug-likeness (QED) is 0.0755. The van der Waals surface area contributed by atoms with Gasteiger partial charge in [-0.2, -0.15) is 0 Å². The van der Waals surface area contributed by atoms with Gasteiger partial charge >= 0.3 is 11.9 Å². The van der Waals surface area contributed by atoms with Crippen molar-refractivity contribution in [3.05, 3.63) is 0 Å². The Balaban J connectivity index is 3.37. The molecule has 0 aliphatic rings. The minimum absolute atomic E-state index is 0.109. The fourth-order valence-electron chi connectivity index (χ4n) is 4.74. The minimum atomic E-state index is -0.952. The van der Waals surface area contributed by atoms with Crippen LogP contribution in [0, 0.1) is 5.92 Å². The number of carbonyl (C=O) groups is 2. The molecular formula is C33H64O5. The fourth-order valence-corrected chi connectivity index (χ4v) is 4.74. The summed E-state index contributed by atoms with van der Waals surface area (Å²) in [6, 6.07) is 0. The topological polar surface area (TPSA) is 72.8 Å². The molecule has 0 unspecified atom stereocenters. The molecule has 0 aromatic carbocycles. The summed E-state index contributed by atoms with van der Waals surface area (Å²) in [6.07, 6.45) is 27.3. The number of aliphatic hydroxyl groups excluding tert-OH is 1. The predicted octanol–water partition coefficient (Wildman–Crippen LogP) is 9.47. The summed E-state index contributed by atoms with van der Waals surface area (Å²) in [7, 11) is 0. The number of esters is 2. The standard InChI is InChI=1S/C33H64O5/c1-4-5-6-7-16-20-23-26-32(35)37-28-31(34)29-38-33(36)27-24-21-18-15-13-11-9-8-10-12-14-17-19-22-25-30(2)3/h30-31,34H,4-29H2,1-3H3/t31-/m1/s1. The lowest BCUT2D eigenvalue weighted by Gasteiger charge is -2.12. The summed E-state index contributed by atoms with van der Waals surface area (Å²) in [5.41, 5.74) is 0. The molecule has 1 N–H and O–H groups in total. The van der Waals surface area contributed by atoms with Gasteiger partial charge in [0.1, 0.15) is 19.3 Å². The molecule has 0 aliphatic carbocycles. The predicted molar refractivity (Wildman–Crippen MR) is 159 cm³/mol. The number of hydrogen-bond donors (Lipinski definition) is 1. The van der Waals surface area contributed by atoms with Crippen LogP contribution >= 0.6 is 0 Å². The summed E-state index contributed by atoms with van der Waals surface area (Å²) < 4.78 is 10.2. The minimum Gasteiger partial charge on any atom is -0.463 e. The number of carbonyl (C=O) groups excluding carboxylic acids is 2. The number of hydrogen-bond acceptors (Lipinski definition) is 5. The molecule has 0 rings (SSSR count). The van der Waals surface area contributed by atoms with E-state index in [2.05, 4.69) is 20.8 Å². The van der Waals surface area contributed by atoms with E-state index in [0.29, 0.717) is 12.8 Å². The summed E-state index contributed by atoms with van der Waals surface area (Å²) in [4.78, 5) is 23.6. The lowest BCUT2D eigenvalue weighted by molar-refractivity contribution is -0.152. The first-order valence-corrected chi connectivity index (χ1v) is 16.4. The maximum absolute atomic E-state index is 11.9. The zero-order valence-corrected chi connectivity index (χ0v) is 25.6. The van der Waals surface area contributed by atoms with Gasteiger partial charge < -0.3 is 14.6 Å². The first-order valence-electron chi connectivity index (χ1n) is 16.4. The van der Waals surface area contributed by atoms with Crippen LogP contribution in [0.5, 0.6) is 0 Å². The number of aliphatic hydroxyl groups is 1. The second-order valence-corrected chi connectivity index (χ2v) is 11.8. The molecule has 0 aromatic heterocycles. The molecule has 0 amide bonds. The zero-order chi connectivity index (χ0) is 28.1. The highest BCUT2D eigenvalue weighted by Crippen LogP contribution is 2.15. The highest BCUT2D eigenvalue weighted by molar-refractivity contribution is 5.69. The van der Waals surface area contributed by atoms with Gasteiger partial charge in [0, 0.05) is 12.8 Å². The largest absolute Gasteiger partial charge is 0.463 e. The van der Waals surface area contributed by atoms with Crippen molar-refractivity contribution in [3.8, 4) is 0 Å². The Bertz CT molecular complexity index is 520. The average Bonchev–Trinajstić information content (AvgIpc) is 2.89. The second-order valence-electron chi connectivity index (χ2n) is 11.8. The summed E-state index contributed by atoms with van der Waals surface area (Å²) in [5, 5.41) is 9.90. The van der Waals surface area contributed by atoms with Gasteiger partial charge in [-0.25, -0.2) is 0 Å². The maximum atomic E-state index is 11.9. The third-order valence-corrected chi connectivity index (χ3v) is 7.27. The molecule has 226 valence electrons. The molecule has 0 saturated carbocycles. The first-order chi connectivity index (χ1) is 18.5. The van der Waals surface area contributed by atoms with Crippen molar-refractivity contribution < 1.29 is 24.2 Å². The summed E-state index contributed by atoms with van der Waals surface area (Å²) in [6.45, 7) is 6.61. The molecule has 0 saturated heterocycles. The number of rotatable bonds is 29. The Morgan fingerprint density at radius 1 is 0.526 bits per heavy atom. The smallest absolute Gasteiger partial charge is 0.305 e. The van der Waals surface area contributed by atoms with Crippen molar-refractivity contribution in [2.75, 3.05) is 13.2 Å². The van der Waals surface area contributed by atoms with Crippen LogP contribution in [0.25, 0.3) is 0 Å². The van der Waals surface area contributed by atoms with E-state index in [-0.39, 0.29) is 25.2 Å². The van der Waals surface area contributed by atoms with Crippen LogP contribution in [0.4, 0.5) is 0 Å². The van der Waals surface area contributed by atoms with Crippen molar-refractivity contribution in [1.29, 1.82) is 0 Å². The summed E-state index contributed by atoms with van der Waals surface area (Å²) in [5.74, 6) is 0.288. The van der Waals surface area contributed by atoms with Crippen LogP contribution in [0.1, 0.15) is 175 Å². The third-order valence-electron chi connectivity index (χ3n) is 7.27. The van der Waals surface area contributed by atoms with Crippen LogP contribution in [0.2, 0.25) is 0 Å². The molecule has 1 atom stereocenters. The lowest BCUT2D eigenvalue weighted by atomic mass is 10.0. The number of ether oxygens (including phenoxy) is 2. The Morgan fingerprint density at radius 3 is 1.18 bits per heavy atom. The van der Waals surface area contributed by atoms with Crippen LogP contribution < -0.4 is 0 Å². The highest BCUT2D eigenvalue weighted by Gasteiger charge is 2.12. The molecule has 38 heavy (non-hydrogen) atoms. The van der Waals surface area contributed by atoms with Crippen LogP contribution in [0.15, 0.2) is 0 Å². The molecule has 0 radical (unpaired) electrons. The van der Waals surface area contributed by atoms with Crippen LogP contribution in [-0.2, 0) is 19.1 Å². The SMILES string of the molecule is CCCCCCCCCC(=O)OC[C@@H](O)COC(=O)CCCCCCCCCCCCCCCCC(C)C. The monoisotopic (exact) mass is 540 g/mol. The molecule has 0 heterocycles. The van der Waals surface area contributed by atoms with Gasteiger partial charge in [-0.1, -0.05) is 149 Å². The third kappa shape index (κ3) is 29.5. The van der Waals surface area contributed by atoms with Crippen molar-refractivity contribution >= 4 is 11.9 Å². The molecule has 0 bridgehead atoms. The average molecular weight is 541 g/mol. The van der Waals surface area contributed by atoms with Crippen LogP contribution in [-0.4, -0.2) is 36.4 Å². The first kappa shape index (κ1) is 36.9. The van der Waals surface area contributed by atoms with Crippen molar-refractivity contribution in [3.63, 3.8) is 0 Å². The van der Waals surface area contributed by atoms with E-state index in [1.54, 1.807) is 0 Å². The molecule has 0 aromatic rings. The van der Waals surface area contributed by atoms with E-state index in [1.807, 2.05) is 0 Å². The molecule has 0 spiro atoms. The van der Waals surface area contributed by atoms with Crippen LogP contribution in [0.3, 0.4) is 0 Å². The Hall–Kier alpha value is -1.10. The van der Waals surface area contributed by atoms with Gasteiger partial charge in [-0.3, -0.25) is 9.59 Å². The van der Waals surface area contributed by atoms with Gasteiger partial charge in [0.25, 0.3) is 0 Å². The zero-order valence-electron chi connectivity index (χ0n) is 25.6. The molecule has 5 nitrogen and oxygen atoms in total. The van der Waals surface area contributed by atoms with E-state index in [0.717, 1.165) is 38.0 Å². The van der Waals surface area contributed by atoms with Gasteiger partial charge in [0.05, 0.1) is 0 Å². The molecule has 0 aliphatic heterocycles. The number of unbranched alkanes of at least 4 members (excludes halogenated alkanes) is 19. The second kappa shape index (κ2) is 28.9. The fraction of sp³-hybridized carbons (Fsp3) is 0.939. The Morgan fingerprint density at radius 2 is 0.842 bits per heavy atom. The van der Waals surface area contributed by atoms with Crippen molar-refractivity contribution in [2.45, 2.75) is 181 Å². The van der Waals surface area contributed by atoms with E-state index in [9.17, 15) is 14.7 Å². The summed E-state index contributed by atoms with van der Waals surface area (Å²) >= 11 is 0. The highest BCUT2D eigenvalue weighted by atomic mass is 16.6. The van der Waals surface area contributed by atoms with Gasteiger partial charge in [-0.05, 0) is 18.8 Å². The van der Waals surface area contributed by atoms with Crippen molar-refractivity contribution in [2.24, 2.45) is 5.92 Å². The van der Waals surface area contributed by atoms with Gasteiger partial charge in [0.2, 0.25) is 0 Å². The van der Waals surface area contributed by atoms with E-state index < -0.39 is 6.10 Å². The van der Waals surface area contributed by atoms with E-state index in [1.165, 1.54) is 109 Å². The Kier molecular flexibility index (Phi) is 28.1. The van der Waals surface area contributed by atoms with E-state index in [4.69, 9.17) is 9.47 Å². The Labute approximate surface area is 236 Å². The molecule has 5 heteroatoms. The molecular weight excluding hydrogens is 476 g/mol. The normalized spacial score (nSPS) is 12.1. The lowest BCUT2D eigenvalue weighted by Crippen LogP contribution is -2.25. The van der Waals surface area contributed by atoms with E-state index >= 15 is 0 Å². The van der Waals surface area contributed by atoms with Crippen molar-refractivity contribution in [1.82, 2.24) is 0 Å². The van der Waals surface area contributed by atoms with Gasteiger partial charge in [-0.15, -0.1) is 0 Å². The van der Waals surface area contributed by atoms with Gasteiger partial charge in [0.15, 0.2) is 0 Å².